The summed E-state index contributed by atoms with van der Waals surface area (Å²) in [7, 11) is 1.79. The maximum absolute atomic E-state index is 12.7. The fourth-order valence-electron chi connectivity index (χ4n) is 3.19. The van der Waals surface area contributed by atoms with Crippen LogP contribution in [0.25, 0.3) is 0 Å². The van der Waals surface area contributed by atoms with Gasteiger partial charge < -0.3 is 4.90 Å². The van der Waals surface area contributed by atoms with Crippen molar-refractivity contribution in [1.82, 2.24) is 9.80 Å². The van der Waals surface area contributed by atoms with Crippen LogP contribution in [0.4, 0.5) is 0 Å². The number of carbonyl (C=O) groups is 1. The molecule has 0 atom stereocenters. The average Bonchev–Trinajstić information content (AvgIpc) is 3.08. The second kappa shape index (κ2) is 8.28. The monoisotopic (exact) mass is 331 g/mol. The summed E-state index contributed by atoms with van der Waals surface area (Å²) in [5.41, 5.74) is -0.613. The molecule has 1 fully saturated rings. The molecule has 124 valence electrons. The molecule has 1 aliphatic rings. The van der Waals surface area contributed by atoms with E-state index in [9.17, 15) is 10.1 Å². The second-order valence-corrected chi connectivity index (χ2v) is 7.23. The van der Waals surface area contributed by atoms with Crippen molar-refractivity contribution in [2.24, 2.45) is 0 Å². The summed E-state index contributed by atoms with van der Waals surface area (Å²) in [6, 6.07) is 6.51. The van der Waals surface area contributed by atoms with E-state index >= 15 is 0 Å². The quantitative estimate of drug-likeness (QED) is 0.719. The minimum atomic E-state index is -0.613. The van der Waals surface area contributed by atoms with Crippen LogP contribution in [0.5, 0.6) is 0 Å². The van der Waals surface area contributed by atoms with Gasteiger partial charge in [0.1, 0.15) is 5.54 Å². The van der Waals surface area contributed by atoms with E-state index in [1.54, 1.807) is 23.3 Å². The van der Waals surface area contributed by atoms with Gasteiger partial charge in [-0.1, -0.05) is 31.4 Å². The minimum Gasteiger partial charge on any atom is -0.326 e. The Balaban J connectivity index is 2.02. The number of likely N-dealkylation sites (N-methyl/N-ethyl adjacent to an activating group) is 1. The van der Waals surface area contributed by atoms with Gasteiger partial charge in [-0.2, -0.15) is 5.26 Å². The molecule has 23 heavy (non-hydrogen) atoms. The Kier molecular flexibility index (Phi) is 6.37. The van der Waals surface area contributed by atoms with Crippen LogP contribution in [-0.4, -0.2) is 41.4 Å². The van der Waals surface area contributed by atoms with Crippen molar-refractivity contribution in [3.8, 4) is 6.07 Å². The summed E-state index contributed by atoms with van der Waals surface area (Å²) in [5, 5.41) is 11.7. The van der Waals surface area contributed by atoms with Gasteiger partial charge in [-0.3, -0.25) is 9.69 Å². The molecule has 0 spiro atoms. The van der Waals surface area contributed by atoms with E-state index in [-0.39, 0.29) is 5.91 Å². The van der Waals surface area contributed by atoms with Crippen LogP contribution in [0.3, 0.4) is 0 Å². The van der Waals surface area contributed by atoms with Crippen LogP contribution >= 0.6 is 11.3 Å². The lowest BCUT2D eigenvalue weighted by Gasteiger charge is -2.39. The van der Waals surface area contributed by atoms with Crippen LogP contribution in [0.2, 0.25) is 0 Å². The largest absolute Gasteiger partial charge is 0.326 e. The molecule has 0 aliphatic heterocycles. The molecule has 1 heterocycles. The lowest BCUT2D eigenvalue weighted by Crippen LogP contribution is -2.52. The zero-order valence-corrected chi connectivity index (χ0v) is 14.6. The molecule has 0 aromatic carbocycles. The summed E-state index contributed by atoms with van der Waals surface area (Å²) < 4.78 is 0. The molecule has 0 saturated heterocycles. The smallest absolute Gasteiger partial charge is 0.237 e. The van der Waals surface area contributed by atoms with Gasteiger partial charge in [0.25, 0.3) is 0 Å². The molecule has 2 rings (SSSR count). The highest BCUT2D eigenvalue weighted by Crippen LogP contribution is 2.32. The molecule has 0 bridgehead atoms. The van der Waals surface area contributed by atoms with Gasteiger partial charge in [0, 0.05) is 25.0 Å². The zero-order valence-electron chi connectivity index (χ0n) is 13.8. The minimum absolute atomic E-state index is 0.0202. The van der Waals surface area contributed by atoms with Gasteiger partial charge in [-0.05, 0) is 24.3 Å². The number of amides is 1. The maximum Gasteiger partial charge on any atom is 0.237 e. The third-order valence-electron chi connectivity index (χ3n) is 4.61. The SMILES string of the molecule is C=CCN(CC(=O)N(C)C1(C#N)CCCCC1)Cc1cccs1. The molecule has 4 nitrogen and oxygen atoms in total. The van der Waals surface area contributed by atoms with Gasteiger partial charge in [0.2, 0.25) is 5.91 Å². The first-order valence-electron chi connectivity index (χ1n) is 8.15. The predicted octanol–water partition coefficient (Wildman–Crippen LogP) is 3.42. The Labute approximate surface area is 143 Å². The molecule has 0 unspecified atom stereocenters. The highest BCUT2D eigenvalue weighted by atomic mass is 32.1. The Bertz CT molecular complexity index is 555. The van der Waals surface area contributed by atoms with Crippen LogP contribution in [-0.2, 0) is 11.3 Å². The lowest BCUT2D eigenvalue weighted by molar-refractivity contribution is -0.136. The number of nitrogens with zero attached hydrogens (tertiary/aromatic N) is 3. The number of thiophene rings is 1. The molecular formula is C18H25N3OS. The molecule has 1 aromatic heterocycles. The third-order valence-corrected chi connectivity index (χ3v) is 5.47. The van der Waals surface area contributed by atoms with E-state index in [1.807, 2.05) is 17.5 Å². The Morgan fingerprint density at radius 2 is 2.22 bits per heavy atom. The molecule has 5 heteroatoms. The Morgan fingerprint density at radius 1 is 1.48 bits per heavy atom. The molecule has 1 aliphatic carbocycles. The fourth-order valence-corrected chi connectivity index (χ4v) is 3.93. The number of hydrogen-bond donors (Lipinski definition) is 0. The van der Waals surface area contributed by atoms with Crippen molar-refractivity contribution in [2.75, 3.05) is 20.1 Å². The standard InChI is InChI=1S/C18H25N3OS/c1-3-11-21(13-16-8-7-12-23-16)14-17(22)20(2)18(15-19)9-5-4-6-10-18/h3,7-8,12H,1,4-6,9-11,13-14H2,2H3. The number of rotatable bonds is 7. The van der Waals surface area contributed by atoms with E-state index < -0.39 is 5.54 Å². The molecule has 1 aromatic rings. The first-order valence-corrected chi connectivity index (χ1v) is 9.03. The van der Waals surface area contributed by atoms with Crippen molar-refractivity contribution in [2.45, 2.75) is 44.2 Å². The van der Waals surface area contributed by atoms with E-state index in [2.05, 4.69) is 23.6 Å². The van der Waals surface area contributed by atoms with E-state index in [0.29, 0.717) is 13.1 Å². The summed E-state index contributed by atoms with van der Waals surface area (Å²) in [5.74, 6) is 0.0202. The first kappa shape index (κ1) is 17.7. The van der Waals surface area contributed by atoms with Gasteiger partial charge in [0.15, 0.2) is 0 Å². The Hall–Kier alpha value is -1.64. The van der Waals surface area contributed by atoms with Gasteiger partial charge in [-0.25, -0.2) is 0 Å². The molecular weight excluding hydrogens is 306 g/mol. The normalized spacial score (nSPS) is 16.7. The summed E-state index contributed by atoms with van der Waals surface area (Å²) in [6.45, 7) is 5.51. The number of hydrogen-bond acceptors (Lipinski definition) is 4. The van der Waals surface area contributed by atoms with Gasteiger partial charge in [0.05, 0.1) is 12.6 Å². The van der Waals surface area contributed by atoms with E-state index in [1.165, 1.54) is 4.88 Å². The second-order valence-electron chi connectivity index (χ2n) is 6.19. The number of nitriles is 1. The zero-order chi connectivity index (χ0) is 16.7. The van der Waals surface area contributed by atoms with Crippen LogP contribution in [0, 0.1) is 11.3 Å². The molecule has 1 saturated carbocycles. The van der Waals surface area contributed by atoms with Crippen LogP contribution in [0.1, 0.15) is 37.0 Å². The van der Waals surface area contributed by atoms with Crippen molar-refractivity contribution in [1.29, 1.82) is 5.26 Å². The Morgan fingerprint density at radius 3 is 2.78 bits per heavy atom. The van der Waals surface area contributed by atoms with E-state index in [0.717, 1.165) is 38.6 Å². The molecule has 1 amide bonds. The van der Waals surface area contributed by atoms with E-state index in [4.69, 9.17) is 0 Å². The highest BCUT2D eigenvalue weighted by Gasteiger charge is 2.38. The topological polar surface area (TPSA) is 47.3 Å². The highest BCUT2D eigenvalue weighted by molar-refractivity contribution is 7.09. The summed E-state index contributed by atoms with van der Waals surface area (Å²) in [4.78, 5) is 17.7. The van der Waals surface area contributed by atoms with Crippen molar-refractivity contribution >= 4 is 17.2 Å². The van der Waals surface area contributed by atoms with Crippen molar-refractivity contribution in [3.63, 3.8) is 0 Å². The van der Waals surface area contributed by atoms with Crippen molar-refractivity contribution < 1.29 is 4.79 Å². The molecule has 0 radical (unpaired) electrons. The van der Waals surface area contributed by atoms with Crippen LogP contribution < -0.4 is 0 Å². The van der Waals surface area contributed by atoms with Gasteiger partial charge in [-0.15, -0.1) is 17.9 Å². The average molecular weight is 331 g/mol. The predicted molar refractivity (Wildman–Crippen MR) is 94.0 cm³/mol. The van der Waals surface area contributed by atoms with Gasteiger partial charge >= 0.3 is 0 Å². The third kappa shape index (κ3) is 4.43. The fraction of sp³-hybridized carbons (Fsp3) is 0.556. The first-order chi connectivity index (χ1) is 11.1. The maximum atomic E-state index is 12.7. The van der Waals surface area contributed by atoms with Crippen LogP contribution in [0.15, 0.2) is 30.2 Å². The molecule has 0 N–H and O–H groups in total. The number of carbonyl (C=O) groups excluding carboxylic acids is 1. The summed E-state index contributed by atoms with van der Waals surface area (Å²) >= 11 is 1.69. The summed E-state index contributed by atoms with van der Waals surface area (Å²) in [6.07, 6.45) is 6.61. The van der Waals surface area contributed by atoms with Crippen molar-refractivity contribution in [3.05, 3.63) is 35.0 Å². The lowest BCUT2D eigenvalue weighted by atomic mass is 9.81.